The van der Waals surface area contributed by atoms with Gasteiger partial charge in [0.1, 0.15) is 0 Å². The summed E-state index contributed by atoms with van der Waals surface area (Å²) in [6.07, 6.45) is 3.34. The van der Waals surface area contributed by atoms with Crippen molar-refractivity contribution in [1.29, 1.82) is 0 Å². The molecule has 0 aliphatic heterocycles. The molecule has 5 nitrogen and oxygen atoms in total. The molecule has 1 amide bonds. The fraction of sp³-hybridized carbons (Fsp3) is 0.200. The lowest BCUT2D eigenvalue weighted by atomic mass is 10.0. The van der Waals surface area contributed by atoms with E-state index in [2.05, 4.69) is 22.3 Å². The smallest absolute Gasteiger partial charge is 0.256 e. The van der Waals surface area contributed by atoms with Crippen molar-refractivity contribution in [2.75, 3.05) is 11.9 Å². The van der Waals surface area contributed by atoms with Gasteiger partial charge in [-0.05, 0) is 24.6 Å². The Hall–Kier alpha value is -2.58. The Morgan fingerprint density at radius 2 is 2.30 bits per heavy atom. The Kier molecular flexibility index (Phi) is 4.18. The number of carbonyl (C=O) groups is 1. The van der Waals surface area contributed by atoms with Crippen molar-refractivity contribution < 1.29 is 4.79 Å². The van der Waals surface area contributed by atoms with Crippen molar-refractivity contribution in [3.8, 4) is 11.8 Å². The van der Waals surface area contributed by atoms with Crippen LogP contribution in [0.15, 0.2) is 30.6 Å². The number of anilines is 1. The van der Waals surface area contributed by atoms with Crippen LogP contribution in [0.5, 0.6) is 0 Å². The normalized spacial score (nSPS) is 9.75. The van der Waals surface area contributed by atoms with E-state index >= 15 is 0 Å². The molecule has 0 unspecified atom stereocenters. The molecule has 0 fully saturated rings. The van der Waals surface area contributed by atoms with E-state index < -0.39 is 0 Å². The van der Waals surface area contributed by atoms with Crippen LogP contribution in [0.25, 0.3) is 0 Å². The molecule has 1 heterocycles. The standard InChI is InChI=1S/C15H16N4O/c1-11-5-6-12(4-3-7-16)8-14(11)15(20)18-13-9-17-19(2)10-13/h5-6,8-10H,7,16H2,1-2H3,(H,18,20). The van der Waals surface area contributed by atoms with Gasteiger partial charge in [0.2, 0.25) is 0 Å². The Morgan fingerprint density at radius 3 is 2.95 bits per heavy atom. The highest BCUT2D eigenvalue weighted by atomic mass is 16.1. The zero-order chi connectivity index (χ0) is 14.5. The van der Waals surface area contributed by atoms with Gasteiger partial charge in [-0.1, -0.05) is 17.9 Å². The molecule has 2 aromatic rings. The molecule has 0 aliphatic carbocycles. The van der Waals surface area contributed by atoms with Crippen molar-refractivity contribution in [2.45, 2.75) is 6.92 Å². The summed E-state index contributed by atoms with van der Waals surface area (Å²) >= 11 is 0. The summed E-state index contributed by atoms with van der Waals surface area (Å²) in [6.45, 7) is 2.18. The van der Waals surface area contributed by atoms with Crippen molar-refractivity contribution >= 4 is 11.6 Å². The first-order valence-corrected chi connectivity index (χ1v) is 6.19. The minimum absolute atomic E-state index is 0.174. The lowest BCUT2D eigenvalue weighted by Gasteiger charge is -2.06. The van der Waals surface area contributed by atoms with Crippen LogP contribution in [0.1, 0.15) is 21.5 Å². The van der Waals surface area contributed by atoms with Gasteiger partial charge in [-0.2, -0.15) is 5.10 Å². The second kappa shape index (κ2) is 6.04. The van der Waals surface area contributed by atoms with E-state index in [4.69, 9.17) is 5.73 Å². The van der Waals surface area contributed by atoms with Crippen LogP contribution in [0.3, 0.4) is 0 Å². The Balaban J connectivity index is 2.24. The number of carbonyl (C=O) groups excluding carboxylic acids is 1. The van der Waals surface area contributed by atoms with Crippen LogP contribution < -0.4 is 11.1 Å². The van der Waals surface area contributed by atoms with Crippen LogP contribution in [-0.2, 0) is 7.05 Å². The average Bonchev–Trinajstić information content (AvgIpc) is 2.83. The second-order valence-electron chi connectivity index (χ2n) is 4.39. The number of nitrogens with two attached hydrogens (primary N) is 1. The van der Waals surface area contributed by atoms with E-state index in [1.54, 1.807) is 30.2 Å². The number of hydrogen-bond acceptors (Lipinski definition) is 3. The summed E-state index contributed by atoms with van der Waals surface area (Å²) in [5.74, 6) is 5.53. The maximum atomic E-state index is 12.2. The van der Waals surface area contributed by atoms with Crippen molar-refractivity contribution in [3.63, 3.8) is 0 Å². The summed E-state index contributed by atoms with van der Waals surface area (Å²) < 4.78 is 1.63. The molecule has 5 heteroatoms. The molecular weight excluding hydrogens is 252 g/mol. The molecule has 3 N–H and O–H groups in total. The van der Waals surface area contributed by atoms with Crippen LogP contribution in [0, 0.1) is 18.8 Å². The Morgan fingerprint density at radius 1 is 1.50 bits per heavy atom. The molecule has 0 radical (unpaired) electrons. The number of aryl methyl sites for hydroxylation is 2. The largest absolute Gasteiger partial charge is 0.320 e. The van der Waals surface area contributed by atoms with Gasteiger partial charge < -0.3 is 11.1 Å². The third kappa shape index (κ3) is 3.25. The Bertz CT molecular complexity index is 691. The minimum Gasteiger partial charge on any atom is -0.320 e. The van der Waals surface area contributed by atoms with Crippen molar-refractivity contribution in [1.82, 2.24) is 9.78 Å². The average molecular weight is 268 g/mol. The molecule has 20 heavy (non-hydrogen) atoms. The first-order valence-electron chi connectivity index (χ1n) is 6.19. The zero-order valence-electron chi connectivity index (χ0n) is 11.5. The van der Waals surface area contributed by atoms with E-state index in [9.17, 15) is 4.79 Å². The van der Waals surface area contributed by atoms with Gasteiger partial charge in [-0.3, -0.25) is 9.48 Å². The number of nitrogens with one attached hydrogen (secondary N) is 1. The molecule has 0 saturated heterocycles. The molecule has 0 spiro atoms. The molecule has 2 rings (SSSR count). The van der Waals surface area contributed by atoms with Crippen LogP contribution in [0.2, 0.25) is 0 Å². The van der Waals surface area contributed by atoms with Crippen molar-refractivity contribution in [2.24, 2.45) is 12.8 Å². The summed E-state index contributed by atoms with van der Waals surface area (Å²) in [6, 6.07) is 5.52. The van der Waals surface area contributed by atoms with Crippen molar-refractivity contribution in [3.05, 3.63) is 47.3 Å². The van der Waals surface area contributed by atoms with E-state index in [1.807, 2.05) is 19.1 Å². The summed E-state index contributed by atoms with van der Waals surface area (Å²) in [7, 11) is 1.80. The van der Waals surface area contributed by atoms with E-state index in [0.29, 0.717) is 17.8 Å². The lowest BCUT2D eigenvalue weighted by Crippen LogP contribution is -2.13. The van der Waals surface area contributed by atoms with Gasteiger partial charge in [-0.25, -0.2) is 0 Å². The number of rotatable bonds is 2. The minimum atomic E-state index is -0.174. The number of nitrogens with zero attached hydrogens (tertiary/aromatic N) is 2. The van der Waals surface area contributed by atoms with Gasteiger partial charge in [0, 0.05) is 24.4 Å². The molecular formula is C15H16N4O. The first kappa shape index (κ1) is 13.8. The second-order valence-corrected chi connectivity index (χ2v) is 4.39. The third-order valence-electron chi connectivity index (χ3n) is 2.78. The highest BCUT2D eigenvalue weighted by molar-refractivity contribution is 6.05. The van der Waals surface area contributed by atoms with Crippen LogP contribution in [0.4, 0.5) is 5.69 Å². The quantitative estimate of drug-likeness (QED) is 0.806. The van der Waals surface area contributed by atoms with Gasteiger partial charge in [0.15, 0.2) is 0 Å². The fourth-order valence-corrected chi connectivity index (χ4v) is 1.78. The highest BCUT2D eigenvalue weighted by Gasteiger charge is 2.10. The van der Waals surface area contributed by atoms with E-state index in [-0.39, 0.29) is 5.91 Å². The van der Waals surface area contributed by atoms with E-state index in [1.165, 1.54) is 0 Å². The van der Waals surface area contributed by atoms with Crippen LogP contribution in [-0.4, -0.2) is 22.2 Å². The Labute approximate surface area is 117 Å². The summed E-state index contributed by atoms with van der Waals surface area (Å²) in [4.78, 5) is 12.2. The zero-order valence-corrected chi connectivity index (χ0v) is 11.5. The van der Waals surface area contributed by atoms with Gasteiger partial charge in [0.05, 0.1) is 18.4 Å². The maximum Gasteiger partial charge on any atom is 0.256 e. The number of amides is 1. The van der Waals surface area contributed by atoms with Gasteiger partial charge >= 0.3 is 0 Å². The third-order valence-corrected chi connectivity index (χ3v) is 2.78. The fourth-order valence-electron chi connectivity index (χ4n) is 1.78. The highest BCUT2D eigenvalue weighted by Crippen LogP contribution is 2.13. The SMILES string of the molecule is Cc1ccc(C#CCN)cc1C(=O)Nc1cnn(C)c1. The van der Waals surface area contributed by atoms with Gasteiger partial charge in [-0.15, -0.1) is 0 Å². The molecule has 102 valence electrons. The first-order chi connectivity index (χ1) is 9.60. The number of hydrogen-bond donors (Lipinski definition) is 2. The predicted octanol–water partition coefficient (Wildman–Crippen LogP) is 1.29. The summed E-state index contributed by atoms with van der Waals surface area (Å²) in [5.41, 5.74) is 8.27. The molecule has 0 saturated carbocycles. The molecule has 0 atom stereocenters. The number of aromatic nitrogens is 2. The van der Waals surface area contributed by atoms with Crippen LogP contribution >= 0.6 is 0 Å². The number of benzene rings is 1. The topological polar surface area (TPSA) is 72.9 Å². The lowest BCUT2D eigenvalue weighted by molar-refractivity contribution is 0.102. The predicted molar refractivity (Wildman–Crippen MR) is 78.3 cm³/mol. The van der Waals surface area contributed by atoms with E-state index in [0.717, 1.165) is 11.1 Å². The molecule has 1 aromatic carbocycles. The molecule has 0 bridgehead atoms. The maximum absolute atomic E-state index is 12.2. The van der Waals surface area contributed by atoms with Gasteiger partial charge in [0.25, 0.3) is 5.91 Å². The molecule has 1 aromatic heterocycles. The molecule has 0 aliphatic rings. The monoisotopic (exact) mass is 268 g/mol. The summed E-state index contributed by atoms with van der Waals surface area (Å²) in [5, 5.41) is 6.82.